The van der Waals surface area contributed by atoms with Crippen molar-refractivity contribution in [1.29, 1.82) is 0 Å². The van der Waals surface area contributed by atoms with Crippen LogP contribution in [0.1, 0.15) is 29.8 Å². The van der Waals surface area contributed by atoms with E-state index in [0.29, 0.717) is 19.8 Å². The number of aromatic nitrogens is 4. The Bertz CT molecular complexity index is 519. The Balaban J connectivity index is 1.79. The highest BCUT2D eigenvalue weighted by atomic mass is 32.1. The second kappa shape index (κ2) is 5.27. The zero-order valence-corrected chi connectivity index (χ0v) is 10.7. The van der Waals surface area contributed by atoms with Gasteiger partial charge in [-0.3, -0.25) is 0 Å². The lowest BCUT2D eigenvalue weighted by Gasteiger charge is -2.04. The first-order chi connectivity index (χ1) is 8.88. The molecule has 0 aromatic carbocycles. The van der Waals surface area contributed by atoms with Gasteiger partial charge in [-0.2, -0.15) is 9.61 Å². The molecule has 18 heavy (non-hydrogen) atoms. The van der Waals surface area contributed by atoms with Crippen LogP contribution in [0.5, 0.6) is 0 Å². The lowest BCUT2D eigenvalue weighted by Crippen LogP contribution is -2.08. The van der Waals surface area contributed by atoms with Gasteiger partial charge in [0.2, 0.25) is 4.96 Å². The Morgan fingerprint density at radius 2 is 2.44 bits per heavy atom. The molecule has 0 radical (unpaired) electrons. The molecule has 3 rings (SSSR count). The summed E-state index contributed by atoms with van der Waals surface area (Å²) in [6, 6.07) is 0. The van der Waals surface area contributed by atoms with Crippen LogP contribution in [0, 0.1) is 0 Å². The van der Waals surface area contributed by atoms with Gasteiger partial charge in [-0.05, 0) is 12.8 Å². The summed E-state index contributed by atoms with van der Waals surface area (Å²) in [4.78, 5) is 0.784. The van der Waals surface area contributed by atoms with Crippen molar-refractivity contribution in [3.05, 3.63) is 10.8 Å². The van der Waals surface area contributed by atoms with Gasteiger partial charge in [0.25, 0.3) is 0 Å². The van der Waals surface area contributed by atoms with E-state index >= 15 is 0 Å². The van der Waals surface area contributed by atoms with Gasteiger partial charge in [0.1, 0.15) is 17.7 Å². The van der Waals surface area contributed by atoms with Crippen LogP contribution in [-0.2, 0) is 16.1 Å². The lowest BCUT2D eigenvalue weighted by atomic mass is 10.2. The largest absolute Gasteiger partial charge is 0.373 e. The zero-order chi connectivity index (χ0) is 12.4. The predicted molar refractivity (Wildman–Crippen MR) is 65.3 cm³/mol. The molecule has 0 bridgehead atoms. The Hall–Kier alpha value is -1.09. The van der Waals surface area contributed by atoms with E-state index in [9.17, 15) is 0 Å². The molecule has 0 aliphatic carbocycles. The molecule has 1 atom stereocenters. The van der Waals surface area contributed by atoms with E-state index in [0.717, 1.165) is 35.2 Å². The van der Waals surface area contributed by atoms with Gasteiger partial charge in [0, 0.05) is 13.2 Å². The molecule has 0 saturated carbocycles. The Morgan fingerprint density at radius 3 is 3.22 bits per heavy atom. The maximum Gasteiger partial charge on any atom is 0.234 e. The van der Waals surface area contributed by atoms with Crippen molar-refractivity contribution in [3.63, 3.8) is 0 Å². The number of fused-ring (bicyclic) bond motifs is 1. The Morgan fingerprint density at radius 1 is 1.50 bits per heavy atom. The van der Waals surface area contributed by atoms with E-state index in [2.05, 4.69) is 15.3 Å². The van der Waals surface area contributed by atoms with Gasteiger partial charge >= 0.3 is 0 Å². The van der Waals surface area contributed by atoms with Crippen LogP contribution >= 0.6 is 11.3 Å². The number of nitrogens with zero attached hydrogens (tertiary/aromatic N) is 4. The normalized spacial score (nSPS) is 19.9. The summed E-state index contributed by atoms with van der Waals surface area (Å²) in [6.45, 7) is 2.32. The van der Waals surface area contributed by atoms with Gasteiger partial charge in [-0.1, -0.05) is 11.3 Å². The van der Waals surface area contributed by atoms with Crippen LogP contribution in [0.2, 0.25) is 0 Å². The Kier molecular flexibility index (Phi) is 3.50. The number of rotatable bonds is 5. The smallest absolute Gasteiger partial charge is 0.234 e. The summed E-state index contributed by atoms with van der Waals surface area (Å²) in [5.41, 5.74) is 5.37. The predicted octanol–water partition coefficient (Wildman–Crippen LogP) is 0.513. The van der Waals surface area contributed by atoms with Crippen LogP contribution in [-0.4, -0.2) is 39.6 Å². The second-order valence-corrected chi connectivity index (χ2v) is 5.13. The summed E-state index contributed by atoms with van der Waals surface area (Å²) in [7, 11) is 0. The van der Waals surface area contributed by atoms with Crippen molar-refractivity contribution in [2.45, 2.75) is 25.6 Å². The first-order valence-corrected chi connectivity index (χ1v) is 6.80. The van der Waals surface area contributed by atoms with Crippen LogP contribution in [0.15, 0.2) is 0 Å². The third kappa shape index (κ3) is 2.24. The molecule has 2 N–H and O–H groups in total. The van der Waals surface area contributed by atoms with Crippen LogP contribution in [0.3, 0.4) is 0 Å². The number of hydrogen-bond donors (Lipinski definition) is 1. The standard InChI is InChI=1S/C10H15N5O2S/c11-3-5-16-6-8-14-15-9(7-2-1-4-17-7)12-13-10(15)18-8/h7H,1-6,11H2. The highest BCUT2D eigenvalue weighted by molar-refractivity contribution is 7.16. The molecule has 3 heterocycles. The molecule has 2 aromatic rings. The van der Waals surface area contributed by atoms with E-state index in [1.54, 1.807) is 4.52 Å². The molecule has 1 unspecified atom stereocenters. The molecule has 98 valence electrons. The molecule has 8 heteroatoms. The average molecular weight is 269 g/mol. The summed E-state index contributed by atoms with van der Waals surface area (Å²) < 4.78 is 12.7. The highest BCUT2D eigenvalue weighted by Gasteiger charge is 2.24. The van der Waals surface area contributed by atoms with E-state index in [1.165, 1.54) is 11.3 Å². The average Bonchev–Trinajstić information content (AvgIpc) is 3.03. The lowest BCUT2D eigenvalue weighted by molar-refractivity contribution is 0.103. The number of nitrogens with two attached hydrogens (primary N) is 1. The van der Waals surface area contributed by atoms with E-state index in [-0.39, 0.29) is 6.10 Å². The summed E-state index contributed by atoms with van der Waals surface area (Å²) in [5.74, 6) is 0.795. The molecule has 1 saturated heterocycles. The molecule has 1 fully saturated rings. The first-order valence-electron chi connectivity index (χ1n) is 5.99. The van der Waals surface area contributed by atoms with Crippen molar-refractivity contribution in [1.82, 2.24) is 19.8 Å². The first kappa shape index (κ1) is 12.0. The Labute approximate surface area is 108 Å². The topological polar surface area (TPSA) is 87.6 Å². The monoisotopic (exact) mass is 269 g/mol. The summed E-state index contributed by atoms with van der Waals surface area (Å²) in [5, 5.41) is 13.6. The molecule has 1 aliphatic rings. The van der Waals surface area contributed by atoms with E-state index in [4.69, 9.17) is 15.2 Å². The van der Waals surface area contributed by atoms with E-state index < -0.39 is 0 Å². The minimum Gasteiger partial charge on any atom is -0.373 e. The summed E-state index contributed by atoms with van der Waals surface area (Å²) >= 11 is 1.48. The molecule has 1 aliphatic heterocycles. The molecule has 0 amide bonds. The highest BCUT2D eigenvalue weighted by Crippen LogP contribution is 2.28. The molecular weight excluding hydrogens is 254 g/mol. The second-order valence-electron chi connectivity index (χ2n) is 4.09. The maximum atomic E-state index is 5.61. The van der Waals surface area contributed by atoms with Gasteiger partial charge in [-0.15, -0.1) is 10.2 Å². The maximum absolute atomic E-state index is 5.61. The summed E-state index contributed by atoms with van der Waals surface area (Å²) in [6.07, 6.45) is 2.08. The van der Waals surface area contributed by atoms with Crippen molar-refractivity contribution >= 4 is 16.3 Å². The fourth-order valence-electron chi connectivity index (χ4n) is 1.95. The van der Waals surface area contributed by atoms with Gasteiger partial charge in [-0.25, -0.2) is 0 Å². The third-order valence-corrected chi connectivity index (χ3v) is 3.63. The van der Waals surface area contributed by atoms with Crippen molar-refractivity contribution in [2.75, 3.05) is 19.8 Å². The third-order valence-electron chi connectivity index (χ3n) is 2.76. The molecule has 2 aromatic heterocycles. The molecule has 0 spiro atoms. The number of hydrogen-bond acceptors (Lipinski definition) is 7. The fraction of sp³-hybridized carbons (Fsp3) is 0.700. The minimum atomic E-state index is 0.0277. The SMILES string of the molecule is NCCOCc1nn2c(C3CCCO3)nnc2s1. The van der Waals surface area contributed by atoms with Crippen molar-refractivity contribution in [2.24, 2.45) is 5.73 Å². The van der Waals surface area contributed by atoms with Crippen molar-refractivity contribution < 1.29 is 9.47 Å². The van der Waals surface area contributed by atoms with Gasteiger partial charge in [0.15, 0.2) is 5.82 Å². The van der Waals surface area contributed by atoms with Crippen molar-refractivity contribution in [3.8, 4) is 0 Å². The van der Waals surface area contributed by atoms with Gasteiger partial charge < -0.3 is 15.2 Å². The van der Waals surface area contributed by atoms with Crippen LogP contribution in [0.25, 0.3) is 4.96 Å². The zero-order valence-electron chi connectivity index (χ0n) is 9.91. The van der Waals surface area contributed by atoms with Crippen LogP contribution in [0.4, 0.5) is 0 Å². The minimum absolute atomic E-state index is 0.0277. The van der Waals surface area contributed by atoms with Crippen LogP contribution < -0.4 is 5.73 Å². The van der Waals surface area contributed by atoms with Gasteiger partial charge in [0.05, 0.1) is 6.61 Å². The fourth-order valence-corrected chi connectivity index (χ4v) is 2.73. The molecular formula is C10H15N5O2S. The number of ether oxygens (including phenoxy) is 2. The van der Waals surface area contributed by atoms with E-state index in [1.807, 2.05) is 0 Å². The molecule has 7 nitrogen and oxygen atoms in total. The quantitative estimate of drug-likeness (QED) is 0.796.